The zero-order valence-electron chi connectivity index (χ0n) is 18.1. The lowest BCUT2D eigenvalue weighted by Gasteiger charge is -2.12. The molecule has 1 aliphatic carbocycles. The first kappa shape index (κ1) is 21.4. The summed E-state index contributed by atoms with van der Waals surface area (Å²) < 4.78 is 0. The highest BCUT2D eigenvalue weighted by molar-refractivity contribution is 6.00. The molecule has 1 saturated carbocycles. The number of carboxylic acids is 1. The van der Waals surface area contributed by atoms with Crippen LogP contribution < -0.4 is 16.0 Å². The number of carbonyl (C=O) groups excluding carboxylic acids is 1. The molecule has 2 amide bonds. The Bertz CT molecular complexity index is 1140. The van der Waals surface area contributed by atoms with E-state index in [4.69, 9.17) is 0 Å². The number of aryl methyl sites for hydroxylation is 2. The fourth-order valence-corrected chi connectivity index (χ4v) is 3.53. The van der Waals surface area contributed by atoms with E-state index in [1.54, 1.807) is 6.20 Å². The molecule has 1 fully saturated rings. The highest BCUT2D eigenvalue weighted by atomic mass is 16.4. The molecule has 164 valence electrons. The van der Waals surface area contributed by atoms with Crippen LogP contribution >= 0.6 is 0 Å². The summed E-state index contributed by atoms with van der Waals surface area (Å²) in [5, 5.41) is 18.1. The number of pyridine rings is 1. The summed E-state index contributed by atoms with van der Waals surface area (Å²) in [6.07, 6.45) is 3.16. The monoisotopic (exact) mass is 430 g/mol. The Hall–Kier alpha value is -3.87. The van der Waals surface area contributed by atoms with E-state index in [0.29, 0.717) is 30.9 Å². The number of rotatable bonds is 7. The minimum Gasteiger partial charge on any atom is -0.481 e. The zero-order chi connectivity index (χ0) is 22.7. The van der Waals surface area contributed by atoms with Crippen molar-refractivity contribution in [2.75, 3.05) is 22.5 Å². The molecule has 2 aromatic carbocycles. The summed E-state index contributed by atoms with van der Waals surface area (Å²) in [5.41, 5.74) is 4.89. The molecule has 0 spiro atoms. The van der Waals surface area contributed by atoms with Gasteiger partial charge in [0.2, 0.25) is 0 Å². The lowest BCUT2D eigenvalue weighted by molar-refractivity contribution is -0.142. The van der Waals surface area contributed by atoms with Gasteiger partial charge in [-0.3, -0.25) is 4.79 Å². The van der Waals surface area contributed by atoms with Gasteiger partial charge in [-0.2, -0.15) is 0 Å². The maximum Gasteiger partial charge on any atom is 0.323 e. The highest BCUT2D eigenvalue weighted by Gasteiger charge is 2.50. The number of hydrogen-bond donors (Lipinski definition) is 4. The predicted octanol–water partition coefficient (Wildman–Crippen LogP) is 5.29. The number of anilines is 3. The number of urea groups is 1. The van der Waals surface area contributed by atoms with Gasteiger partial charge >= 0.3 is 12.0 Å². The van der Waals surface area contributed by atoms with Gasteiger partial charge in [0.05, 0.1) is 5.41 Å². The van der Waals surface area contributed by atoms with Crippen LogP contribution in [0.5, 0.6) is 0 Å². The van der Waals surface area contributed by atoms with Gasteiger partial charge in [0.15, 0.2) is 0 Å². The second-order valence-corrected chi connectivity index (χ2v) is 8.35. The number of amides is 2. The van der Waals surface area contributed by atoms with E-state index < -0.39 is 11.4 Å². The summed E-state index contributed by atoms with van der Waals surface area (Å²) >= 11 is 0. The minimum absolute atomic E-state index is 0.295. The number of aliphatic carboxylic acids is 1. The van der Waals surface area contributed by atoms with Crippen molar-refractivity contribution in [1.82, 2.24) is 4.98 Å². The smallest absolute Gasteiger partial charge is 0.323 e. The van der Waals surface area contributed by atoms with Crippen LogP contribution in [0.3, 0.4) is 0 Å². The van der Waals surface area contributed by atoms with E-state index >= 15 is 0 Å². The number of carboxylic acid groups (broad SMARTS) is 1. The van der Waals surface area contributed by atoms with Crippen molar-refractivity contribution in [3.05, 3.63) is 71.9 Å². The molecule has 0 saturated heterocycles. The number of nitrogens with zero attached hydrogens (tertiary/aromatic N) is 1. The van der Waals surface area contributed by atoms with Crippen LogP contribution in [-0.4, -0.2) is 28.6 Å². The first-order chi connectivity index (χ1) is 15.3. The largest absolute Gasteiger partial charge is 0.481 e. The van der Waals surface area contributed by atoms with E-state index in [0.717, 1.165) is 27.9 Å². The number of hydrogen-bond acceptors (Lipinski definition) is 4. The molecule has 7 nitrogen and oxygen atoms in total. The molecule has 1 aliphatic rings. The van der Waals surface area contributed by atoms with E-state index in [9.17, 15) is 14.7 Å². The third kappa shape index (κ3) is 4.88. The molecule has 0 unspecified atom stereocenters. The second-order valence-electron chi connectivity index (χ2n) is 8.35. The molecule has 1 aromatic heterocycles. The topological polar surface area (TPSA) is 103 Å². The molecule has 1 heterocycles. The standard InChI is InChI=1S/C25H26N4O3/c1-16-3-9-21(17(2)13-16)29-24(32)28-20-7-4-18(5-8-20)19-6-10-22(26-14-19)27-15-25(11-12-25)23(30)31/h3-10,13-14H,11-12,15H2,1-2H3,(H,26,27)(H,30,31)(H2,28,29,32). The Balaban J connectivity index is 1.34. The van der Waals surface area contributed by atoms with Crippen molar-refractivity contribution in [3.8, 4) is 11.1 Å². The molecular weight excluding hydrogens is 404 g/mol. The van der Waals surface area contributed by atoms with Crippen LogP contribution in [-0.2, 0) is 4.79 Å². The second kappa shape index (κ2) is 8.70. The van der Waals surface area contributed by atoms with Crippen molar-refractivity contribution in [2.45, 2.75) is 26.7 Å². The fourth-order valence-electron chi connectivity index (χ4n) is 3.53. The molecule has 0 aliphatic heterocycles. The average molecular weight is 431 g/mol. The fraction of sp³-hybridized carbons (Fsp3) is 0.240. The normalized spacial score (nSPS) is 13.8. The van der Waals surface area contributed by atoms with Crippen molar-refractivity contribution in [2.24, 2.45) is 5.41 Å². The predicted molar refractivity (Wildman–Crippen MR) is 126 cm³/mol. The average Bonchev–Trinajstić information content (AvgIpc) is 3.57. The zero-order valence-corrected chi connectivity index (χ0v) is 18.1. The maximum atomic E-state index is 12.3. The molecule has 7 heteroatoms. The summed E-state index contributed by atoms with van der Waals surface area (Å²) in [6, 6.07) is 16.9. The third-order valence-corrected chi connectivity index (χ3v) is 5.78. The van der Waals surface area contributed by atoms with E-state index in [1.807, 2.05) is 68.4 Å². The van der Waals surface area contributed by atoms with Gasteiger partial charge in [-0.25, -0.2) is 9.78 Å². The maximum absolute atomic E-state index is 12.3. The number of carbonyl (C=O) groups is 2. The summed E-state index contributed by atoms with van der Waals surface area (Å²) in [5.74, 6) is -0.0966. The third-order valence-electron chi connectivity index (χ3n) is 5.78. The lowest BCUT2D eigenvalue weighted by Crippen LogP contribution is -2.24. The molecule has 3 aromatic rings. The summed E-state index contributed by atoms with van der Waals surface area (Å²) in [7, 11) is 0. The molecule has 0 radical (unpaired) electrons. The number of benzene rings is 2. The van der Waals surface area contributed by atoms with Gasteiger partial charge in [-0.05, 0) is 68.1 Å². The first-order valence-electron chi connectivity index (χ1n) is 10.5. The number of nitrogens with one attached hydrogen (secondary N) is 3. The van der Waals surface area contributed by atoms with Gasteiger partial charge < -0.3 is 21.1 Å². The van der Waals surface area contributed by atoms with Gasteiger partial charge in [0.1, 0.15) is 5.82 Å². The van der Waals surface area contributed by atoms with Gasteiger partial charge in [-0.1, -0.05) is 29.8 Å². The summed E-state index contributed by atoms with van der Waals surface area (Å²) in [4.78, 5) is 28.0. The van der Waals surface area contributed by atoms with Gasteiger partial charge in [0, 0.05) is 29.7 Å². The number of aromatic nitrogens is 1. The molecular formula is C25H26N4O3. The summed E-state index contributed by atoms with van der Waals surface area (Å²) in [6.45, 7) is 4.36. The van der Waals surface area contributed by atoms with Crippen LogP contribution in [0, 0.1) is 19.3 Å². The van der Waals surface area contributed by atoms with E-state index in [2.05, 4.69) is 20.9 Å². The van der Waals surface area contributed by atoms with Gasteiger partial charge in [-0.15, -0.1) is 0 Å². The van der Waals surface area contributed by atoms with Crippen LogP contribution in [0.4, 0.5) is 22.0 Å². The molecule has 4 rings (SSSR count). The minimum atomic E-state index is -0.752. The Morgan fingerprint density at radius 1 is 0.969 bits per heavy atom. The molecule has 32 heavy (non-hydrogen) atoms. The van der Waals surface area contributed by atoms with E-state index in [-0.39, 0.29) is 6.03 Å². The first-order valence-corrected chi connectivity index (χ1v) is 10.5. The van der Waals surface area contributed by atoms with Crippen LogP contribution in [0.1, 0.15) is 24.0 Å². The lowest BCUT2D eigenvalue weighted by atomic mass is 10.1. The SMILES string of the molecule is Cc1ccc(NC(=O)Nc2ccc(-c3ccc(NCC4(C(=O)O)CC4)nc3)cc2)c(C)c1. The molecule has 4 N–H and O–H groups in total. The van der Waals surface area contributed by atoms with Crippen molar-refractivity contribution in [3.63, 3.8) is 0 Å². The quantitative estimate of drug-likeness (QED) is 0.408. The molecule has 0 atom stereocenters. The Morgan fingerprint density at radius 3 is 2.28 bits per heavy atom. The van der Waals surface area contributed by atoms with Crippen LogP contribution in [0.2, 0.25) is 0 Å². The Labute approximate surface area is 186 Å². The van der Waals surface area contributed by atoms with E-state index in [1.165, 1.54) is 0 Å². The van der Waals surface area contributed by atoms with Crippen LogP contribution in [0.25, 0.3) is 11.1 Å². The molecule has 0 bridgehead atoms. The highest BCUT2D eigenvalue weighted by Crippen LogP contribution is 2.45. The Kier molecular flexibility index (Phi) is 5.81. The van der Waals surface area contributed by atoms with Crippen molar-refractivity contribution in [1.29, 1.82) is 0 Å². The van der Waals surface area contributed by atoms with Crippen LogP contribution in [0.15, 0.2) is 60.8 Å². The van der Waals surface area contributed by atoms with Crippen molar-refractivity contribution >= 4 is 29.2 Å². The van der Waals surface area contributed by atoms with Gasteiger partial charge in [0.25, 0.3) is 0 Å². The Morgan fingerprint density at radius 2 is 1.69 bits per heavy atom. The van der Waals surface area contributed by atoms with Crippen molar-refractivity contribution < 1.29 is 14.7 Å².